The highest BCUT2D eigenvalue weighted by atomic mass is 16.6. The molecule has 0 bridgehead atoms. The van der Waals surface area contributed by atoms with Gasteiger partial charge in [0.25, 0.3) is 0 Å². The molecule has 2 rings (SSSR count). The van der Waals surface area contributed by atoms with Gasteiger partial charge in [-0.2, -0.15) is 0 Å². The Labute approximate surface area is 115 Å². The zero-order valence-electron chi connectivity index (χ0n) is 12.5. The highest BCUT2D eigenvalue weighted by Gasteiger charge is 2.32. The molecule has 0 aromatic heterocycles. The van der Waals surface area contributed by atoms with Gasteiger partial charge in [-0.25, -0.2) is 4.79 Å². The number of hydrogen-bond acceptors (Lipinski definition) is 3. The number of ether oxygens (including phenoxy) is 1. The Kier molecular flexibility index (Phi) is 3.43. The van der Waals surface area contributed by atoms with E-state index in [2.05, 4.69) is 25.2 Å². The summed E-state index contributed by atoms with van der Waals surface area (Å²) in [6, 6.07) is 5.89. The summed E-state index contributed by atoms with van der Waals surface area (Å²) >= 11 is 0. The number of nitrogens with one attached hydrogen (secondary N) is 1. The molecule has 0 saturated carbocycles. The van der Waals surface area contributed by atoms with E-state index in [1.165, 1.54) is 5.56 Å². The van der Waals surface area contributed by atoms with Crippen LogP contribution in [0, 0.1) is 0 Å². The number of rotatable bonds is 1. The van der Waals surface area contributed by atoms with Crippen molar-refractivity contribution in [3.05, 3.63) is 34.9 Å². The first-order chi connectivity index (χ1) is 8.71. The van der Waals surface area contributed by atoms with E-state index in [-0.39, 0.29) is 11.4 Å². The standard InChI is InChI=1S/C16H23NO2/c1-15(2,3)19-14(18)12-8-6-7-11-9-17-10-16(4,5)13(11)12/h6-8,17H,9-10H2,1-5H3. The van der Waals surface area contributed by atoms with Crippen LogP contribution in [0.2, 0.25) is 0 Å². The molecular weight excluding hydrogens is 238 g/mol. The molecular formula is C16H23NO2. The molecule has 0 atom stereocenters. The van der Waals surface area contributed by atoms with Gasteiger partial charge in [0.2, 0.25) is 0 Å². The lowest BCUT2D eigenvalue weighted by Crippen LogP contribution is -2.40. The van der Waals surface area contributed by atoms with Crippen molar-refractivity contribution >= 4 is 5.97 Å². The molecule has 1 aromatic carbocycles. The van der Waals surface area contributed by atoms with Crippen molar-refractivity contribution in [1.82, 2.24) is 5.32 Å². The molecule has 0 fully saturated rings. The Morgan fingerprint density at radius 2 is 2.00 bits per heavy atom. The van der Waals surface area contributed by atoms with Gasteiger partial charge in [0, 0.05) is 18.5 Å². The lowest BCUT2D eigenvalue weighted by Gasteiger charge is -2.35. The van der Waals surface area contributed by atoms with E-state index in [4.69, 9.17) is 4.74 Å². The second kappa shape index (κ2) is 4.64. The smallest absolute Gasteiger partial charge is 0.338 e. The molecule has 0 spiro atoms. The van der Waals surface area contributed by atoms with Crippen molar-refractivity contribution in [3.8, 4) is 0 Å². The van der Waals surface area contributed by atoms with Crippen molar-refractivity contribution < 1.29 is 9.53 Å². The summed E-state index contributed by atoms with van der Waals surface area (Å²) in [6.45, 7) is 11.7. The molecule has 3 nitrogen and oxygen atoms in total. The van der Waals surface area contributed by atoms with Crippen molar-refractivity contribution in [2.45, 2.75) is 52.2 Å². The van der Waals surface area contributed by atoms with Gasteiger partial charge in [-0.05, 0) is 38.0 Å². The van der Waals surface area contributed by atoms with Gasteiger partial charge in [0.1, 0.15) is 5.60 Å². The monoisotopic (exact) mass is 261 g/mol. The maximum atomic E-state index is 12.4. The molecule has 0 unspecified atom stereocenters. The molecule has 0 saturated heterocycles. The Bertz CT molecular complexity index is 498. The zero-order valence-corrected chi connectivity index (χ0v) is 12.5. The van der Waals surface area contributed by atoms with Crippen LogP contribution in [-0.2, 0) is 16.7 Å². The molecule has 0 aliphatic carbocycles. The van der Waals surface area contributed by atoms with Crippen LogP contribution < -0.4 is 5.32 Å². The molecule has 19 heavy (non-hydrogen) atoms. The van der Waals surface area contributed by atoms with Crippen LogP contribution in [0.5, 0.6) is 0 Å². The van der Waals surface area contributed by atoms with E-state index in [1.807, 2.05) is 32.9 Å². The number of fused-ring (bicyclic) bond motifs is 1. The van der Waals surface area contributed by atoms with Gasteiger partial charge in [-0.3, -0.25) is 0 Å². The molecule has 0 radical (unpaired) electrons. The summed E-state index contributed by atoms with van der Waals surface area (Å²) < 4.78 is 5.52. The second-order valence-corrected chi connectivity index (χ2v) is 6.83. The quantitative estimate of drug-likeness (QED) is 0.790. The van der Waals surface area contributed by atoms with Crippen LogP contribution in [-0.4, -0.2) is 18.1 Å². The van der Waals surface area contributed by atoms with Gasteiger partial charge < -0.3 is 10.1 Å². The highest BCUT2D eigenvalue weighted by Crippen LogP contribution is 2.33. The number of benzene rings is 1. The van der Waals surface area contributed by atoms with Gasteiger partial charge >= 0.3 is 5.97 Å². The maximum absolute atomic E-state index is 12.4. The van der Waals surface area contributed by atoms with Crippen LogP contribution in [0.3, 0.4) is 0 Å². The minimum atomic E-state index is -0.461. The fourth-order valence-electron chi connectivity index (χ4n) is 2.65. The van der Waals surface area contributed by atoms with Gasteiger partial charge in [-0.15, -0.1) is 0 Å². The average molecular weight is 261 g/mol. The normalized spacial score (nSPS) is 17.7. The SMILES string of the molecule is CC(C)(C)OC(=O)c1cccc2c1C(C)(C)CNC2. The summed E-state index contributed by atoms with van der Waals surface area (Å²) in [5.41, 5.74) is 2.51. The number of carbonyl (C=O) groups excluding carboxylic acids is 1. The van der Waals surface area contributed by atoms with Crippen LogP contribution in [0.1, 0.15) is 56.1 Å². The highest BCUT2D eigenvalue weighted by molar-refractivity contribution is 5.92. The lowest BCUT2D eigenvalue weighted by molar-refractivity contribution is 0.00663. The fourth-order valence-corrected chi connectivity index (χ4v) is 2.65. The van der Waals surface area contributed by atoms with Gasteiger partial charge in [0.15, 0.2) is 0 Å². The third-order valence-electron chi connectivity index (χ3n) is 3.33. The Balaban J connectivity index is 2.45. The van der Waals surface area contributed by atoms with Crippen molar-refractivity contribution in [3.63, 3.8) is 0 Å². The molecule has 1 aromatic rings. The number of hydrogen-bond donors (Lipinski definition) is 1. The summed E-state index contributed by atoms with van der Waals surface area (Å²) in [5.74, 6) is -0.223. The summed E-state index contributed by atoms with van der Waals surface area (Å²) in [4.78, 5) is 12.4. The lowest BCUT2D eigenvalue weighted by atomic mass is 9.76. The molecule has 1 aliphatic heterocycles. The van der Waals surface area contributed by atoms with Crippen molar-refractivity contribution in [2.75, 3.05) is 6.54 Å². The molecule has 0 amide bonds. The zero-order chi connectivity index (χ0) is 14.3. The number of carbonyl (C=O) groups is 1. The minimum Gasteiger partial charge on any atom is -0.456 e. The Morgan fingerprint density at radius 1 is 1.32 bits per heavy atom. The van der Waals surface area contributed by atoms with E-state index in [1.54, 1.807) is 0 Å². The first-order valence-electron chi connectivity index (χ1n) is 6.77. The van der Waals surface area contributed by atoms with Gasteiger partial charge in [0.05, 0.1) is 5.56 Å². The minimum absolute atomic E-state index is 0.0545. The molecule has 104 valence electrons. The number of esters is 1. The van der Waals surface area contributed by atoms with Gasteiger partial charge in [-0.1, -0.05) is 26.0 Å². The third-order valence-corrected chi connectivity index (χ3v) is 3.33. The third kappa shape index (κ3) is 2.98. The largest absolute Gasteiger partial charge is 0.456 e. The molecule has 1 aliphatic rings. The summed E-state index contributed by atoms with van der Waals surface area (Å²) in [7, 11) is 0. The molecule has 1 heterocycles. The van der Waals surface area contributed by atoms with E-state index in [0.717, 1.165) is 18.7 Å². The van der Waals surface area contributed by atoms with Crippen LogP contribution in [0.15, 0.2) is 18.2 Å². The van der Waals surface area contributed by atoms with E-state index in [9.17, 15) is 4.79 Å². The fraction of sp³-hybridized carbons (Fsp3) is 0.562. The van der Waals surface area contributed by atoms with E-state index >= 15 is 0 Å². The van der Waals surface area contributed by atoms with Crippen LogP contribution >= 0.6 is 0 Å². The van der Waals surface area contributed by atoms with Crippen LogP contribution in [0.25, 0.3) is 0 Å². The maximum Gasteiger partial charge on any atom is 0.338 e. The van der Waals surface area contributed by atoms with Crippen molar-refractivity contribution in [1.29, 1.82) is 0 Å². The Hall–Kier alpha value is -1.35. The first kappa shape index (κ1) is 14.1. The Morgan fingerprint density at radius 3 is 2.63 bits per heavy atom. The van der Waals surface area contributed by atoms with E-state index < -0.39 is 5.60 Å². The second-order valence-electron chi connectivity index (χ2n) is 6.83. The van der Waals surface area contributed by atoms with E-state index in [0.29, 0.717) is 5.56 Å². The first-order valence-corrected chi connectivity index (χ1v) is 6.77. The molecule has 1 N–H and O–H groups in total. The predicted octanol–water partition coefficient (Wildman–Crippen LogP) is 3.02. The molecule has 3 heteroatoms. The van der Waals surface area contributed by atoms with Crippen molar-refractivity contribution in [2.24, 2.45) is 0 Å². The van der Waals surface area contributed by atoms with Crippen LogP contribution in [0.4, 0.5) is 0 Å². The predicted molar refractivity (Wildman–Crippen MR) is 76.3 cm³/mol. The topological polar surface area (TPSA) is 38.3 Å². The summed E-state index contributed by atoms with van der Waals surface area (Å²) in [6.07, 6.45) is 0. The summed E-state index contributed by atoms with van der Waals surface area (Å²) in [5, 5.41) is 3.39. The average Bonchev–Trinajstić information content (AvgIpc) is 2.25.